The first kappa shape index (κ1) is 31.9. The number of hydrogen-bond acceptors (Lipinski definition) is 7. The Labute approximate surface area is 273 Å². The van der Waals surface area contributed by atoms with Crippen molar-refractivity contribution in [2.45, 2.75) is 58.9 Å². The van der Waals surface area contributed by atoms with Crippen molar-refractivity contribution in [2.75, 3.05) is 19.8 Å². The minimum Gasteiger partial charge on any atom is -0.488 e. The van der Waals surface area contributed by atoms with Crippen molar-refractivity contribution >= 4 is 5.97 Å². The van der Waals surface area contributed by atoms with Crippen LogP contribution < -0.4 is 18.9 Å². The van der Waals surface area contributed by atoms with Crippen molar-refractivity contribution in [3.63, 3.8) is 0 Å². The van der Waals surface area contributed by atoms with Gasteiger partial charge in [0.25, 0.3) is 0 Å². The van der Waals surface area contributed by atoms with Gasteiger partial charge in [-0.15, -0.1) is 0 Å². The number of piperidine rings is 1. The molecule has 0 saturated carbocycles. The number of hydrogen-bond donors (Lipinski definition) is 1. The summed E-state index contributed by atoms with van der Waals surface area (Å²) in [7, 11) is 0. The van der Waals surface area contributed by atoms with E-state index in [9.17, 15) is 19.6 Å². The minimum absolute atomic E-state index is 0.0503. The summed E-state index contributed by atoms with van der Waals surface area (Å²) in [6, 6.07) is 21.6. The topological polar surface area (TPSA) is 101 Å². The number of likely N-dealkylation sites (tertiary alicyclic amines) is 1. The van der Waals surface area contributed by atoms with Gasteiger partial charge in [-0.2, -0.15) is 5.26 Å². The fraction of sp³-hybridized carbons (Fsp3) is 0.316. The van der Waals surface area contributed by atoms with E-state index in [1.807, 2.05) is 60.4 Å². The first-order valence-electron chi connectivity index (χ1n) is 15.8. The molecule has 0 amide bonds. The van der Waals surface area contributed by atoms with E-state index in [1.54, 1.807) is 6.07 Å². The number of ether oxygens (including phenoxy) is 4. The number of benzene rings is 4. The fourth-order valence-electron chi connectivity index (χ4n) is 6.25. The predicted molar refractivity (Wildman–Crippen MR) is 174 cm³/mol. The largest absolute Gasteiger partial charge is 0.488 e. The summed E-state index contributed by atoms with van der Waals surface area (Å²) < 4.78 is 38.1. The highest BCUT2D eigenvalue weighted by molar-refractivity contribution is 5.73. The van der Waals surface area contributed by atoms with Crippen LogP contribution >= 0.6 is 0 Å². The van der Waals surface area contributed by atoms with Gasteiger partial charge in [-0.25, -0.2) is 4.39 Å². The zero-order valence-electron chi connectivity index (χ0n) is 26.6. The summed E-state index contributed by atoms with van der Waals surface area (Å²) in [5, 5.41) is 19.1. The Hall–Kier alpha value is -5.07. The molecule has 8 nitrogen and oxygen atoms in total. The van der Waals surface area contributed by atoms with Crippen molar-refractivity contribution in [1.29, 1.82) is 5.26 Å². The van der Waals surface area contributed by atoms with E-state index in [4.69, 9.17) is 18.9 Å². The van der Waals surface area contributed by atoms with Crippen LogP contribution in [0.5, 0.6) is 23.0 Å². The lowest BCUT2D eigenvalue weighted by atomic mass is 9.96. The second-order valence-electron chi connectivity index (χ2n) is 12.0. The molecular formula is C38H37FN2O6. The molecule has 0 unspecified atom stereocenters. The Morgan fingerprint density at radius 3 is 2.57 bits per heavy atom. The Bertz CT molecular complexity index is 1830. The molecule has 2 aliphatic rings. The lowest BCUT2D eigenvalue weighted by Gasteiger charge is -2.33. The van der Waals surface area contributed by atoms with Crippen molar-refractivity contribution < 1.29 is 33.2 Å². The molecule has 1 N–H and O–H groups in total. The number of carboxylic acids is 1. The molecule has 0 spiro atoms. The third-order valence-electron chi connectivity index (χ3n) is 8.86. The summed E-state index contributed by atoms with van der Waals surface area (Å²) >= 11 is 0. The Morgan fingerprint density at radius 1 is 0.957 bits per heavy atom. The number of aryl methyl sites for hydroxylation is 1. The molecule has 2 heterocycles. The van der Waals surface area contributed by atoms with E-state index in [0.717, 1.165) is 57.7 Å². The van der Waals surface area contributed by atoms with Gasteiger partial charge in [0.15, 0.2) is 11.5 Å². The van der Waals surface area contributed by atoms with E-state index in [2.05, 4.69) is 13.0 Å². The Balaban J connectivity index is 1.26. The standard InChI is InChI=1S/C38H37FN2O6/c1-24-16-30(21-41-13-4-3-8-33(41)38(42)43)36(46-22-26-9-11-32(39)29(17-26)20-40)19-35(24)47-23-28-6-5-7-31(25(28)2)27-10-12-34-37(18-27)45-15-14-44-34/h5-7,9-12,16-19,33H,3-4,8,13-15,21-23H2,1-2H3,(H,42,43)/t33-/m0/s1. The maximum atomic E-state index is 14.0. The van der Waals surface area contributed by atoms with Crippen molar-refractivity contribution in [3.05, 3.63) is 106 Å². The maximum absolute atomic E-state index is 14.0. The molecule has 1 atom stereocenters. The third-order valence-corrected chi connectivity index (χ3v) is 8.86. The van der Waals surface area contributed by atoms with Crippen molar-refractivity contribution in [1.82, 2.24) is 4.90 Å². The maximum Gasteiger partial charge on any atom is 0.320 e. The van der Waals surface area contributed by atoms with Crippen LogP contribution in [0.3, 0.4) is 0 Å². The van der Waals surface area contributed by atoms with Crippen molar-refractivity contribution in [2.24, 2.45) is 0 Å². The normalized spacial score (nSPS) is 15.9. The van der Waals surface area contributed by atoms with Crippen LogP contribution in [0, 0.1) is 31.0 Å². The number of aliphatic carboxylic acids is 1. The van der Waals surface area contributed by atoms with Crippen LogP contribution in [-0.2, 0) is 24.6 Å². The summed E-state index contributed by atoms with van der Waals surface area (Å²) in [5.74, 6) is 1.26. The van der Waals surface area contributed by atoms with Gasteiger partial charge in [-0.05, 0) is 96.9 Å². The number of rotatable bonds is 10. The molecule has 2 aliphatic heterocycles. The average molecular weight is 637 g/mol. The van der Waals surface area contributed by atoms with Gasteiger partial charge in [0, 0.05) is 18.2 Å². The molecular weight excluding hydrogens is 599 g/mol. The monoisotopic (exact) mass is 636 g/mol. The molecule has 0 aromatic heterocycles. The van der Waals surface area contributed by atoms with Crippen LogP contribution in [0.25, 0.3) is 11.1 Å². The highest BCUT2D eigenvalue weighted by Crippen LogP contribution is 2.37. The van der Waals surface area contributed by atoms with Gasteiger partial charge < -0.3 is 24.1 Å². The number of halogens is 1. The highest BCUT2D eigenvalue weighted by Gasteiger charge is 2.29. The van der Waals surface area contributed by atoms with Gasteiger partial charge >= 0.3 is 5.97 Å². The molecule has 242 valence electrons. The van der Waals surface area contributed by atoms with Gasteiger partial charge in [-0.1, -0.05) is 36.8 Å². The lowest BCUT2D eigenvalue weighted by Crippen LogP contribution is -2.44. The van der Waals surface area contributed by atoms with E-state index < -0.39 is 17.8 Å². The predicted octanol–water partition coefficient (Wildman–Crippen LogP) is 7.35. The van der Waals surface area contributed by atoms with Gasteiger partial charge in [0.2, 0.25) is 0 Å². The van der Waals surface area contributed by atoms with E-state index in [1.165, 1.54) is 12.1 Å². The second-order valence-corrected chi connectivity index (χ2v) is 12.0. The minimum atomic E-state index is -0.826. The van der Waals surface area contributed by atoms with Crippen LogP contribution in [0.1, 0.15) is 52.6 Å². The molecule has 0 bridgehead atoms. The molecule has 0 radical (unpaired) electrons. The Morgan fingerprint density at radius 2 is 1.77 bits per heavy atom. The van der Waals surface area contributed by atoms with Crippen molar-refractivity contribution in [3.8, 4) is 40.2 Å². The average Bonchev–Trinajstić information content (AvgIpc) is 3.08. The number of nitriles is 1. The number of carbonyl (C=O) groups is 1. The zero-order chi connectivity index (χ0) is 32.9. The number of nitrogens with zero attached hydrogens (tertiary/aromatic N) is 2. The first-order chi connectivity index (χ1) is 22.8. The van der Waals surface area contributed by atoms with Crippen LogP contribution in [-0.4, -0.2) is 41.8 Å². The molecule has 0 aliphatic carbocycles. The molecule has 4 aromatic rings. The highest BCUT2D eigenvalue weighted by atomic mass is 19.1. The molecule has 47 heavy (non-hydrogen) atoms. The molecule has 1 fully saturated rings. The van der Waals surface area contributed by atoms with Gasteiger partial charge in [0.05, 0.1) is 5.56 Å². The summed E-state index contributed by atoms with van der Waals surface area (Å²) in [6.45, 7) is 6.60. The summed E-state index contributed by atoms with van der Waals surface area (Å²) in [4.78, 5) is 14.0. The summed E-state index contributed by atoms with van der Waals surface area (Å²) in [6.07, 6.45) is 2.41. The second kappa shape index (κ2) is 14.1. The van der Waals surface area contributed by atoms with Gasteiger partial charge in [0.1, 0.15) is 55.9 Å². The molecule has 1 saturated heterocycles. The van der Waals surface area contributed by atoms with Crippen LogP contribution in [0.2, 0.25) is 0 Å². The molecule has 6 rings (SSSR count). The third kappa shape index (κ3) is 7.18. The van der Waals surface area contributed by atoms with Crippen LogP contribution in [0.4, 0.5) is 4.39 Å². The molecule has 4 aromatic carbocycles. The van der Waals surface area contributed by atoms with Crippen LogP contribution in [0.15, 0.2) is 66.7 Å². The summed E-state index contributed by atoms with van der Waals surface area (Å²) in [5.41, 5.74) is 6.54. The molecule has 9 heteroatoms. The van der Waals surface area contributed by atoms with E-state index in [-0.39, 0.29) is 12.2 Å². The number of carboxylic acid groups (broad SMARTS) is 1. The Kier molecular flexibility index (Phi) is 9.60. The number of fused-ring (bicyclic) bond motifs is 1. The fourth-order valence-corrected chi connectivity index (χ4v) is 6.25. The first-order valence-corrected chi connectivity index (χ1v) is 15.8. The van der Waals surface area contributed by atoms with E-state index >= 15 is 0 Å². The lowest BCUT2D eigenvalue weighted by molar-refractivity contribution is -0.144. The van der Waals surface area contributed by atoms with E-state index in [0.29, 0.717) is 56.4 Å². The quantitative estimate of drug-likeness (QED) is 0.193. The zero-order valence-corrected chi connectivity index (χ0v) is 26.6. The SMILES string of the molecule is Cc1cc(CN2CCCC[C@H]2C(=O)O)c(OCc2ccc(F)c(C#N)c2)cc1OCc1cccc(-c2ccc3c(c2)OCCO3)c1C. The van der Waals surface area contributed by atoms with Gasteiger partial charge in [-0.3, -0.25) is 9.69 Å². The smallest absolute Gasteiger partial charge is 0.320 e.